The summed E-state index contributed by atoms with van der Waals surface area (Å²) in [6, 6.07) is 7.49. The second-order valence-electron chi connectivity index (χ2n) is 9.07. The highest BCUT2D eigenvalue weighted by Crippen LogP contribution is 2.48. The molecule has 3 N–H and O–H groups in total. The zero-order valence-electron chi connectivity index (χ0n) is 19.2. The summed E-state index contributed by atoms with van der Waals surface area (Å²) in [5, 5.41) is 22.8. The lowest BCUT2D eigenvalue weighted by Crippen LogP contribution is -2.40. The first-order valence-electron chi connectivity index (χ1n) is 11.0. The SMILES string of the molecule is Cc1c(C)c2c(c(C)c1O)C(O)CC(C)(CCOc1ccc(CC3SC(=O)NC3=O)cc1)O2. The Kier molecular flexibility index (Phi) is 6.33. The lowest BCUT2D eigenvalue weighted by Gasteiger charge is -2.40. The number of imide groups is 1. The normalized spacial score (nSPS) is 24.3. The summed E-state index contributed by atoms with van der Waals surface area (Å²) < 4.78 is 12.3. The van der Waals surface area contributed by atoms with Gasteiger partial charge in [-0.15, -0.1) is 0 Å². The van der Waals surface area contributed by atoms with E-state index in [1.165, 1.54) is 0 Å². The molecule has 176 valence electrons. The molecule has 2 amide bonds. The molecule has 33 heavy (non-hydrogen) atoms. The van der Waals surface area contributed by atoms with Crippen LogP contribution in [0, 0.1) is 20.8 Å². The van der Waals surface area contributed by atoms with Gasteiger partial charge in [-0.1, -0.05) is 23.9 Å². The second-order valence-corrected chi connectivity index (χ2v) is 10.2. The molecular formula is C25H29NO6S. The quantitative estimate of drug-likeness (QED) is 0.578. The third-order valence-corrected chi connectivity index (χ3v) is 7.56. The van der Waals surface area contributed by atoms with Gasteiger partial charge in [0, 0.05) is 24.0 Å². The van der Waals surface area contributed by atoms with Crippen LogP contribution >= 0.6 is 11.8 Å². The molecule has 0 aliphatic carbocycles. The lowest BCUT2D eigenvalue weighted by atomic mass is 9.84. The van der Waals surface area contributed by atoms with Crippen LogP contribution in [0.25, 0.3) is 0 Å². The van der Waals surface area contributed by atoms with E-state index in [0.717, 1.165) is 28.5 Å². The number of nitrogens with one attached hydrogen (secondary N) is 1. The van der Waals surface area contributed by atoms with E-state index >= 15 is 0 Å². The molecule has 2 heterocycles. The van der Waals surface area contributed by atoms with Crippen LogP contribution < -0.4 is 14.8 Å². The van der Waals surface area contributed by atoms with Gasteiger partial charge in [-0.05, 0) is 62.9 Å². The number of carbonyl (C=O) groups is 2. The number of hydrogen-bond donors (Lipinski definition) is 3. The number of aliphatic hydroxyl groups is 1. The minimum atomic E-state index is -0.722. The van der Waals surface area contributed by atoms with E-state index in [0.29, 0.717) is 48.5 Å². The molecule has 0 aromatic heterocycles. The molecular weight excluding hydrogens is 442 g/mol. The molecule has 1 fully saturated rings. The predicted octanol–water partition coefficient (Wildman–Crippen LogP) is 4.26. The number of amides is 2. The highest BCUT2D eigenvalue weighted by Gasteiger charge is 2.39. The van der Waals surface area contributed by atoms with Crippen LogP contribution in [0.5, 0.6) is 17.2 Å². The molecule has 0 bridgehead atoms. The minimum absolute atomic E-state index is 0.211. The van der Waals surface area contributed by atoms with Crippen LogP contribution in [0.2, 0.25) is 0 Å². The van der Waals surface area contributed by atoms with Gasteiger partial charge < -0.3 is 19.7 Å². The number of carbonyl (C=O) groups excluding carboxylic acids is 2. The molecule has 2 aliphatic rings. The molecule has 8 heteroatoms. The van der Waals surface area contributed by atoms with Crippen molar-refractivity contribution >= 4 is 22.9 Å². The second kappa shape index (κ2) is 8.91. The number of aromatic hydroxyl groups is 1. The maximum absolute atomic E-state index is 11.7. The van der Waals surface area contributed by atoms with Gasteiger partial charge in [0.15, 0.2) is 0 Å². The molecule has 0 saturated carbocycles. The Morgan fingerprint density at radius 3 is 2.48 bits per heavy atom. The predicted molar refractivity (Wildman–Crippen MR) is 126 cm³/mol. The Balaban J connectivity index is 1.37. The third kappa shape index (κ3) is 4.68. The van der Waals surface area contributed by atoms with Crippen LogP contribution in [-0.2, 0) is 11.2 Å². The van der Waals surface area contributed by atoms with Crippen molar-refractivity contribution in [3.8, 4) is 17.2 Å². The number of phenolic OH excluding ortho intramolecular Hbond substituents is 1. The number of phenols is 1. The van der Waals surface area contributed by atoms with Gasteiger partial charge in [0.2, 0.25) is 5.91 Å². The van der Waals surface area contributed by atoms with Crippen LogP contribution in [0.3, 0.4) is 0 Å². The number of aliphatic hydroxyl groups excluding tert-OH is 1. The average Bonchev–Trinajstić information content (AvgIpc) is 3.08. The fraction of sp³-hybridized carbons (Fsp3) is 0.440. The van der Waals surface area contributed by atoms with E-state index in [-0.39, 0.29) is 22.1 Å². The molecule has 2 aromatic rings. The summed E-state index contributed by atoms with van der Waals surface area (Å²) >= 11 is 1.02. The molecule has 0 spiro atoms. The van der Waals surface area contributed by atoms with Crippen molar-refractivity contribution in [2.24, 2.45) is 0 Å². The van der Waals surface area contributed by atoms with Crippen LogP contribution in [0.15, 0.2) is 24.3 Å². The maximum Gasteiger partial charge on any atom is 0.286 e. The summed E-state index contributed by atoms with van der Waals surface area (Å²) in [5.74, 6) is 1.32. The summed E-state index contributed by atoms with van der Waals surface area (Å²) in [6.07, 6.45) is 0.746. The zero-order chi connectivity index (χ0) is 23.9. The molecule has 2 aliphatic heterocycles. The van der Waals surface area contributed by atoms with E-state index in [1.807, 2.05) is 45.0 Å². The first-order valence-corrected chi connectivity index (χ1v) is 11.9. The first kappa shape index (κ1) is 23.4. The average molecular weight is 472 g/mol. The first-order chi connectivity index (χ1) is 15.6. The molecule has 1 saturated heterocycles. The van der Waals surface area contributed by atoms with Gasteiger partial charge in [0.05, 0.1) is 18.0 Å². The van der Waals surface area contributed by atoms with Gasteiger partial charge >= 0.3 is 0 Å². The Hall–Kier alpha value is -2.71. The van der Waals surface area contributed by atoms with Gasteiger partial charge in [-0.25, -0.2) is 0 Å². The summed E-state index contributed by atoms with van der Waals surface area (Å²) in [6.45, 7) is 7.92. The van der Waals surface area contributed by atoms with Gasteiger partial charge in [0.1, 0.15) is 22.8 Å². The number of benzene rings is 2. The minimum Gasteiger partial charge on any atom is -0.507 e. The van der Waals surface area contributed by atoms with Gasteiger partial charge in [-0.2, -0.15) is 0 Å². The third-order valence-electron chi connectivity index (χ3n) is 6.58. The van der Waals surface area contributed by atoms with Crippen LogP contribution in [0.4, 0.5) is 4.79 Å². The largest absolute Gasteiger partial charge is 0.507 e. The Morgan fingerprint density at radius 1 is 1.15 bits per heavy atom. The Labute approximate surface area is 197 Å². The van der Waals surface area contributed by atoms with Crippen molar-refractivity contribution in [1.29, 1.82) is 0 Å². The topological polar surface area (TPSA) is 105 Å². The fourth-order valence-electron chi connectivity index (χ4n) is 4.46. The van der Waals surface area contributed by atoms with E-state index < -0.39 is 11.7 Å². The number of thioether (sulfide) groups is 1. The van der Waals surface area contributed by atoms with Crippen molar-refractivity contribution in [1.82, 2.24) is 5.32 Å². The highest BCUT2D eigenvalue weighted by atomic mass is 32.2. The van der Waals surface area contributed by atoms with Crippen molar-refractivity contribution in [3.05, 3.63) is 52.1 Å². The zero-order valence-corrected chi connectivity index (χ0v) is 20.0. The lowest BCUT2D eigenvalue weighted by molar-refractivity contribution is -0.118. The number of rotatable bonds is 6. The van der Waals surface area contributed by atoms with Crippen molar-refractivity contribution in [3.63, 3.8) is 0 Å². The van der Waals surface area contributed by atoms with Gasteiger partial charge in [-0.3, -0.25) is 14.9 Å². The molecule has 3 atom stereocenters. The fourth-order valence-corrected chi connectivity index (χ4v) is 5.32. The van der Waals surface area contributed by atoms with Gasteiger partial charge in [0.25, 0.3) is 5.24 Å². The molecule has 3 unspecified atom stereocenters. The van der Waals surface area contributed by atoms with Crippen LogP contribution in [0.1, 0.15) is 53.7 Å². The molecule has 4 rings (SSSR count). The number of fused-ring (bicyclic) bond motifs is 1. The Morgan fingerprint density at radius 2 is 1.85 bits per heavy atom. The van der Waals surface area contributed by atoms with Crippen molar-refractivity contribution in [2.75, 3.05) is 6.61 Å². The number of ether oxygens (including phenoxy) is 2. The van der Waals surface area contributed by atoms with Crippen LogP contribution in [-0.4, -0.2) is 38.8 Å². The van der Waals surface area contributed by atoms with Crippen molar-refractivity contribution in [2.45, 2.75) is 63.9 Å². The standard InChI is InChI=1S/C25H29NO6S/c1-13-14(2)22-20(15(3)21(13)28)18(27)12-25(4,32-22)9-10-31-17-7-5-16(6-8-17)11-19-23(29)26-24(30)33-19/h5-8,18-19,27-28H,9-12H2,1-4H3,(H,26,29,30). The monoisotopic (exact) mass is 471 g/mol. The highest BCUT2D eigenvalue weighted by molar-refractivity contribution is 8.15. The summed E-state index contributed by atoms with van der Waals surface area (Å²) in [7, 11) is 0. The van der Waals surface area contributed by atoms with E-state index in [9.17, 15) is 19.8 Å². The molecule has 2 aromatic carbocycles. The van der Waals surface area contributed by atoms with E-state index in [2.05, 4.69) is 5.32 Å². The molecule has 0 radical (unpaired) electrons. The molecule has 7 nitrogen and oxygen atoms in total. The number of hydrogen-bond acceptors (Lipinski definition) is 7. The summed E-state index contributed by atoms with van der Waals surface area (Å²) in [4.78, 5) is 23.0. The van der Waals surface area contributed by atoms with Crippen molar-refractivity contribution < 1.29 is 29.3 Å². The Bertz CT molecular complexity index is 1100. The smallest absolute Gasteiger partial charge is 0.286 e. The van der Waals surface area contributed by atoms with E-state index in [4.69, 9.17) is 9.47 Å². The maximum atomic E-state index is 11.7. The van der Waals surface area contributed by atoms with E-state index in [1.54, 1.807) is 6.92 Å². The summed E-state index contributed by atoms with van der Waals surface area (Å²) in [5.41, 5.74) is 3.28.